The van der Waals surface area contributed by atoms with Crippen molar-refractivity contribution < 1.29 is 13.3 Å². The van der Waals surface area contributed by atoms with Crippen LogP contribution in [0.3, 0.4) is 0 Å². The van der Waals surface area contributed by atoms with E-state index in [4.69, 9.17) is 0 Å². The van der Waals surface area contributed by atoms with Crippen molar-refractivity contribution in [2.75, 3.05) is 0 Å². The van der Waals surface area contributed by atoms with Crippen LogP contribution in [-0.2, 0) is 15.6 Å². The second-order valence-corrected chi connectivity index (χ2v) is 6.30. The minimum absolute atomic E-state index is 0.147. The van der Waals surface area contributed by atoms with Crippen molar-refractivity contribution in [3.8, 4) is 0 Å². The summed E-state index contributed by atoms with van der Waals surface area (Å²) in [7, 11) is -3.31. The zero-order chi connectivity index (χ0) is 12.3. The van der Waals surface area contributed by atoms with E-state index in [-0.39, 0.29) is 17.0 Å². The van der Waals surface area contributed by atoms with Gasteiger partial charge in [-0.1, -0.05) is 18.2 Å². The monoisotopic (exact) mass is 243 g/mol. The molecule has 1 aromatic rings. The molecule has 1 aromatic carbocycles. The minimum atomic E-state index is -3.31. The molecule has 16 heavy (non-hydrogen) atoms. The van der Waals surface area contributed by atoms with Gasteiger partial charge in [-0.25, -0.2) is 8.42 Å². The van der Waals surface area contributed by atoms with Crippen LogP contribution in [0.1, 0.15) is 19.4 Å². The average molecular weight is 243 g/mol. The van der Waals surface area contributed by atoms with Gasteiger partial charge in [0.2, 0.25) is 0 Å². The summed E-state index contributed by atoms with van der Waals surface area (Å²) in [6.07, 6.45) is 0. The van der Waals surface area contributed by atoms with Crippen LogP contribution in [0.5, 0.6) is 0 Å². The normalized spacial score (nSPS) is 11.7. The third-order valence-electron chi connectivity index (χ3n) is 2.26. The summed E-state index contributed by atoms with van der Waals surface area (Å²) in [4.78, 5) is 10.1. The van der Waals surface area contributed by atoms with Crippen molar-refractivity contribution >= 4 is 15.5 Å². The molecule has 0 heterocycles. The fourth-order valence-electron chi connectivity index (χ4n) is 1.19. The Morgan fingerprint density at radius 3 is 2.38 bits per heavy atom. The molecule has 1 rings (SSSR count). The Hall–Kier alpha value is -1.43. The Morgan fingerprint density at radius 2 is 1.88 bits per heavy atom. The molecular weight excluding hydrogens is 230 g/mol. The summed E-state index contributed by atoms with van der Waals surface area (Å²) >= 11 is 0. The maximum atomic E-state index is 11.7. The average Bonchev–Trinajstić information content (AvgIpc) is 2.17. The summed E-state index contributed by atoms with van der Waals surface area (Å²) in [6.45, 7) is 3.12. The van der Waals surface area contributed by atoms with Gasteiger partial charge >= 0.3 is 0 Å². The second kappa shape index (κ2) is 4.61. The van der Waals surface area contributed by atoms with Gasteiger partial charge in [0.1, 0.15) is 0 Å². The predicted octanol–water partition coefficient (Wildman–Crippen LogP) is 1.92. The Bertz CT molecular complexity index is 493. The van der Waals surface area contributed by atoms with Crippen LogP contribution in [0.2, 0.25) is 0 Å². The lowest BCUT2D eigenvalue weighted by atomic mass is 10.2. The Labute approximate surface area is 94.2 Å². The van der Waals surface area contributed by atoms with E-state index in [2.05, 4.69) is 0 Å². The molecular formula is C10H13NO4S. The molecule has 0 fully saturated rings. The molecule has 0 bridgehead atoms. The van der Waals surface area contributed by atoms with Gasteiger partial charge in [0, 0.05) is 11.6 Å². The van der Waals surface area contributed by atoms with E-state index in [1.807, 2.05) is 0 Å². The van der Waals surface area contributed by atoms with Crippen molar-refractivity contribution in [3.63, 3.8) is 0 Å². The van der Waals surface area contributed by atoms with Gasteiger partial charge in [0.25, 0.3) is 5.69 Å². The third kappa shape index (κ3) is 2.79. The van der Waals surface area contributed by atoms with Gasteiger partial charge in [-0.05, 0) is 13.8 Å². The summed E-state index contributed by atoms with van der Waals surface area (Å²) in [5.41, 5.74) is 0.0907. The first-order chi connectivity index (χ1) is 7.34. The molecule has 5 nitrogen and oxygen atoms in total. The standard InChI is InChI=1S/C10H13NO4S/c1-8(2)16(14,15)7-9-5-3-4-6-10(9)11(12)13/h3-6,8H,7H2,1-2H3. The fraction of sp³-hybridized carbons (Fsp3) is 0.400. The lowest BCUT2D eigenvalue weighted by molar-refractivity contribution is -0.385. The van der Waals surface area contributed by atoms with E-state index < -0.39 is 20.0 Å². The van der Waals surface area contributed by atoms with E-state index in [1.54, 1.807) is 19.9 Å². The summed E-state index contributed by atoms with van der Waals surface area (Å²) < 4.78 is 23.3. The van der Waals surface area contributed by atoms with E-state index in [0.717, 1.165) is 0 Å². The highest BCUT2D eigenvalue weighted by Gasteiger charge is 2.22. The van der Waals surface area contributed by atoms with Gasteiger partial charge in [-0.15, -0.1) is 0 Å². The fourth-order valence-corrected chi connectivity index (χ4v) is 2.21. The quantitative estimate of drug-likeness (QED) is 0.598. The maximum absolute atomic E-state index is 11.7. The largest absolute Gasteiger partial charge is 0.273 e. The molecule has 0 aromatic heterocycles. The molecule has 0 amide bonds. The molecule has 0 N–H and O–H groups in total. The summed E-state index contributed by atoms with van der Waals surface area (Å²) in [5, 5.41) is 10.2. The Balaban J connectivity index is 3.12. The molecule has 0 aliphatic heterocycles. The van der Waals surface area contributed by atoms with Crippen molar-refractivity contribution in [2.24, 2.45) is 0 Å². The smallest absolute Gasteiger partial charge is 0.258 e. The highest BCUT2D eigenvalue weighted by molar-refractivity contribution is 7.91. The number of nitro benzene ring substituents is 1. The molecule has 88 valence electrons. The van der Waals surface area contributed by atoms with E-state index in [0.29, 0.717) is 0 Å². The van der Waals surface area contributed by atoms with Crippen molar-refractivity contribution in [1.82, 2.24) is 0 Å². The number of rotatable bonds is 4. The van der Waals surface area contributed by atoms with E-state index in [1.165, 1.54) is 18.2 Å². The first kappa shape index (κ1) is 12.6. The van der Waals surface area contributed by atoms with Gasteiger partial charge in [0.05, 0.1) is 15.9 Å². The van der Waals surface area contributed by atoms with Crippen LogP contribution in [-0.4, -0.2) is 18.6 Å². The number of benzene rings is 1. The third-order valence-corrected chi connectivity index (χ3v) is 4.41. The van der Waals surface area contributed by atoms with Crippen molar-refractivity contribution in [2.45, 2.75) is 24.9 Å². The number of hydrogen-bond acceptors (Lipinski definition) is 4. The van der Waals surface area contributed by atoms with Gasteiger partial charge in [0.15, 0.2) is 9.84 Å². The number of sulfone groups is 1. The number of nitro groups is 1. The minimum Gasteiger partial charge on any atom is -0.258 e. The molecule has 0 saturated heterocycles. The molecule has 6 heteroatoms. The first-order valence-electron chi connectivity index (χ1n) is 4.78. The molecule has 0 atom stereocenters. The van der Waals surface area contributed by atoms with Crippen LogP contribution >= 0.6 is 0 Å². The lowest BCUT2D eigenvalue weighted by Gasteiger charge is -2.07. The Kier molecular flexibility index (Phi) is 3.64. The van der Waals surface area contributed by atoms with Crippen LogP contribution in [0.25, 0.3) is 0 Å². The molecule has 0 radical (unpaired) electrons. The molecule has 0 saturated carbocycles. The summed E-state index contributed by atoms with van der Waals surface area (Å²) in [5.74, 6) is -0.290. The predicted molar refractivity (Wildman–Crippen MR) is 60.9 cm³/mol. The number of hydrogen-bond donors (Lipinski definition) is 0. The van der Waals surface area contributed by atoms with Crippen molar-refractivity contribution in [1.29, 1.82) is 0 Å². The van der Waals surface area contributed by atoms with Crippen LogP contribution in [0, 0.1) is 10.1 Å². The zero-order valence-corrected chi connectivity index (χ0v) is 9.90. The van der Waals surface area contributed by atoms with Gasteiger partial charge in [-0.3, -0.25) is 10.1 Å². The van der Waals surface area contributed by atoms with Crippen LogP contribution in [0.4, 0.5) is 5.69 Å². The molecule has 0 aliphatic carbocycles. The highest BCUT2D eigenvalue weighted by Crippen LogP contribution is 2.21. The van der Waals surface area contributed by atoms with E-state index >= 15 is 0 Å². The maximum Gasteiger partial charge on any atom is 0.273 e. The summed E-state index contributed by atoms with van der Waals surface area (Å²) in [6, 6.07) is 5.89. The zero-order valence-electron chi connectivity index (χ0n) is 9.08. The SMILES string of the molecule is CC(C)S(=O)(=O)Cc1ccccc1[N+](=O)[O-]. The molecule has 0 spiro atoms. The number of nitrogens with zero attached hydrogens (tertiary/aromatic N) is 1. The van der Waals surface area contributed by atoms with Gasteiger partial charge < -0.3 is 0 Å². The van der Waals surface area contributed by atoms with E-state index in [9.17, 15) is 18.5 Å². The number of para-hydroxylation sites is 1. The first-order valence-corrected chi connectivity index (χ1v) is 6.50. The highest BCUT2D eigenvalue weighted by atomic mass is 32.2. The molecule has 0 unspecified atom stereocenters. The van der Waals surface area contributed by atoms with Crippen molar-refractivity contribution in [3.05, 3.63) is 39.9 Å². The van der Waals surface area contributed by atoms with Gasteiger partial charge in [-0.2, -0.15) is 0 Å². The van der Waals surface area contributed by atoms with Crippen LogP contribution in [0.15, 0.2) is 24.3 Å². The Morgan fingerprint density at radius 1 is 1.31 bits per heavy atom. The lowest BCUT2D eigenvalue weighted by Crippen LogP contribution is -2.16. The second-order valence-electron chi connectivity index (χ2n) is 3.74. The molecule has 0 aliphatic rings. The topological polar surface area (TPSA) is 77.3 Å². The van der Waals surface area contributed by atoms with Crippen LogP contribution < -0.4 is 0 Å².